The zero-order chi connectivity index (χ0) is 9.68. The molecule has 0 aromatic heterocycles. The maximum absolute atomic E-state index is 7.66. The SMILES string of the molecule is CCN(/C=C1/C=CC=CC1=N)CC. The molecular formula is C11H16N2. The van der Waals surface area contributed by atoms with Crippen molar-refractivity contribution in [3.05, 3.63) is 36.1 Å². The Morgan fingerprint density at radius 3 is 2.38 bits per heavy atom. The summed E-state index contributed by atoms with van der Waals surface area (Å²) in [7, 11) is 0. The molecule has 0 radical (unpaired) electrons. The van der Waals surface area contributed by atoms with Gasteiger partial charge in [0.1, 0.15) is 0 Å². The van der Waals surface area contributed by atoms with Crippen LogP contribution in [0.4, 0.5) is 0 Å². The van der Waals surface area contributed by atoms with E-state index in [0.717, 1.165) is 18.7 Å². The minimum absolute atomic E-state index is 0.592. The van der Waals surface area contributed by atoms with Gasteiger partial charge in [0.25, 0.3) is 0 Å². The molecule has 0 amide bonds. The van der Waals surface area contributed by atoms with Crippen molar-refractivity contribution in [1.29, 1.82) is 5.41 Å². The minimum Gasteiger partial charge on any atom is -0.377 e. The summed E-state index contributed by atoms with van der Waals surface area (Å²) < 4.78 is 0. The van der Waals surface area contributed by atoms with Gasteiger partial charge >= 0.3 is 0 Å². The average molecular weight is 176 g/mol. The summed E-state index contributed by atoms with van der Waals surface area (Å²) in [5, 5.41) is 7.66. The van der Waals surface area contributed by atoms with Crippen LogP contribution in [-0.4, -0.2) is 23.7 Å². The molecule has 0 saturated carbocycles. The topological polar surface area (TPSA) is 27.1 Å². The number of hydrogen-bond donors (Lipinski definition) is 1. The number of nitrogens with one attached hydrogen (secondary N) is 1. The van der Waals surface area contributed by atoms with Crippen LogP contribution in [-0.2, 0) is 0 Å². The van der Waals surface area contributed by atoms with Gasteiger partial charge in [0.2, 0.25) is 0 Å². The van der Waals surface area contributed by atoms with Crippen LogP contribution >= 0.6 is 0 Å². The second kappa shape index (κ2) is 4.65. The van der Waals surface area contributed by atoms with E-state index in [0.29, 0.717) is 5.71 Å². The van der Waals surface area contributed by atoms with E-state index in [-0.39, 0.29) is 0 Å². The predicted octanol–water partition coefficient (Wildman–Crippen LogP) is 2.36. The Labute approximate surface area is 79.8 Å². The van der Waals surface area contributed by atoms with Gasteiger partial charge < -0.3 is 10.3 Å². The monoisotopic (exact) mass is 176 g/mol. The zero-order valence-corrected chi connectivity index (χ0v) is 8.25. The summed E-state index contributed by atoms with van der Waals surface area (Å²) in [6.45, 7) is 6.22. The van der Waals surface area contributed by atoms with E-state index >= 15 is 0 Å². The molecule has 0 atom stereocenters. The Morgan fingerprint density at radius 2 is 1.85 bits per heavy atom. The van der Waals surface area contributed by atoms with Crippen molar-refractivity contribution in [3.8, 4) is 0 Å². The second-order valence-corrected chi connectivity index (χ2v) is 2.94. The molecule has 1 aliphatic rings. The number of rotatable bonds is 3. The van der Waals surface area contributed by atoms with Crippen molar-refractivity contribution in [1.82, 2.24) is 4.90 Å². The maximum Gasteiger partial charge on any atom is 0.0626 e. The third-order valence-corrected chi connectivity index (χ3v) is 2.09. The van der Waals surface area contributed by atoms with Crippen LogP contribution in [0.5, 0.6) is 0 Å². The molecule has 2 nitrogen and oxygen atoms in total. The van der Waals surface area contributed by atoms with E-state index in [4.69, 9.17) is 5.41 Å². The second-order valence-electron chi connectivity index (χ2n) is 2.94. The summed E-state index contributed by atoms with van der Waals surface area (Å²) in [4.78, 5) is 2.19. The highest BCUT2D eigenvalue weighted by Crippen LogP contribution is 2.08. The van der Waals surface area contributed by atoms with Crippen LogP contribution < -0.4 is 0 Å². The van der Waals surface area contributed by atoms with E-state index in [1.54, 1.807) is 0 Å². The molecule has 1 rings (SSSR count). The molecule has 0 unspecified atom stereocenters. The molecule has 0 heterocycles. The first-order valence-electron chi connectivity index (χ1n) is 4.67. The first-order chi connectivity index (χ1) is 6.27. The van der Waals surface area contributed by atoms with E-state index in [1.807, 2.05) is 30.5 Å². The lowest BCUT2D eigenvalue weighted by atomic mass is 10.1. The van der Waals surface area contributed by atoms with E-state index in [9.17, 15) is 0 Å². The minimum atomic E-state index is 0.592. The molecule has 0 fully saturated rings. The normalized spacial score (nSPS) is 18.3. The molecule has 2 heteroatoms. The van der Waals surface area contributed by atoms with Gasteiger partial charge in [-0.3, -0.25) is 0 Å². The van der Waals surface area contributed by atoms with Crippen LogP contribution in [0.15, 0.2) is 36.1 Å². The summed E-state index contributed by atoms with van der Waals surface area (Å²) in [6.07, 6.45) is 9.69. The molecule has 70 valence electrons. The summed E-state index contributed by atoms with van der Waals surface area (Å²) >= 11 is 0. The van der Waals surface area contributed by atoms with Crippen molar-refractivity contribution in [2.24, 2.45) is 0 Å². The van der Waals surface area contributed by atoms with Gasteiger partial charge in [-0.1, -0.05) is 18.2 Å². The van der Waals surface area contributed by atoms with Crippen LogP contribution in [0.25, 0.3) is 0 Å². The molecule has 0 bridgehead atoms. The van der Waals surface area contributed by atoms with Crippen molar-refractivity contribution < 1.29 is 0 Å². The van der Waals surface area contributed by atoms with Gasteiger partial charge in [0.15, 0.2) is 0 Å². The Balaban J connectivity index is 2.75. The van der Waals surface area contributed by atoms with E-state index < -0.39 is 0 Å². The van der Waals surface area contributed by atoms with Gasteiger partial charge in [-0.05, 0) is 19.9 Å². The van der Waals surface area contributed by atoms with Crippen molar-refractivity contribution in [3.63, 3.8) is 0 Å². The number of hydrogen-bond acceptors (Lipinski definition) is 2. The lowest BCUT2D eigenvalue weighted by Gasteiger charge is -2.17. The molecule has 13 heavy (non-hydrogen) atoms. The fraction of sp³-hybridized carbons (Fsp3) is 0.364. The van der Waals surface area contributed by atoms with E-state index in [1.165, 1.54) is 0 Å². The third kappa shape index (κ3) is 2.58. The highest BCUT2D eigenvalue weighted by atomic mass is 15.1. The first kappa shape index (κ1) is 9.78. The van der Waals surface area contributed by atoms with Crippen molar-refractivity contribution in [2.75, 3.05) is 13.1 Å². The van der Waals surface area contributed by atoms with Gasteiger partial charge in [-0.2, -0.15) is 0 Å². The smallest absolute Gasteiger partial charge is 0.0626 e. The molecule has 0 spiro atoms. The average Bonchev–Trinajstić information content (AvgIpc) is 2.17. The molecule has 0 aromatic rings. The zero-order valence-electron chi connectivity index (χ0n) is 8.25. The van der Waals surface area contributed by atoms with Crippen LogP contribution in [0.1, 0.15) is 13.8 Å². The van der Waals surface area contributed by atoms with Crippen molar-refractivity contribution >= 4 is 5.71 Å². The summed E-state index contributed by atoms with van der Waals surface area (Å²) in [5.74, 6) is 0. The Hall–Kier alpha value is -1.31. The maximum atomic E-state index is 7.66. The van der Waals surface area contributed by atoms with Crippen LogP contribution in [0, 0.1) is 5.41 Å². The van der Waals surface area contributed by atoms with Crippen molar-refractivity contribution in [2.45, 2.75) is 13.8 Å². The van der Waals surface area contributed by atoms with Crippen LogP contribution in [0.2, 0.25) is 0 Å². The molecule has 0 saturated heterocycles. The van der Waals surface area contributed by atoms with Gasteiger partial charge in [0.05, 0.1) is 5.71 Å². The fourth-order valence-corrected chi connectivity index (χ4v) is 1.21. The Morgan fingerprint density at radius 1 is 1.23 bits per heavy atom. The largest absolute Gasteiger partial charge is 0.377 e. The molecular weight excluding hydrogens is 160 g/mol. The highest BCUT2D eigenvalue weighted by Gasteiger charge is 2.02. The molecule has 0 aromatic carbocycles. The van der Waals surface area contributed by atoms with E-state index in [2.05, 4.69) is 18.7 Å². The van der Waals surface area contributed by atoms with Gasteiger partial charge in [0, 0.05) is 24.9 Å². The first-order valence-corrected chi connectivity index (χ1v) is 4.67. The van der Waals surface area contributed by atoms with Gasteiger partial charge in [-0.25, -0.2) is 0 Å². The lowest BCUT2D eigenvalue weighted by Crippen LogP contribution is -2.17. The predicted molar refractivity (Wildman–Crippen MR) is 57.0 cm³/mol. The fourth-order valence-electron chi connectivity index (χ4n) is 1.21. The molecule has 1 N–H and O–H groups in total. The summed E-state index contributed by atoms with van der Waals surface area (Å²) in [5.41, 5.74) is 1.58. The highest BCUT2D eigenvalue weighted by molar-refractivity contribution is 6.09. The standard InChI is InChI=1S/C11H16N2/c1-3-13(4-2)9-10-7-5-6-8-11(10)12/h5-9,12H,3-4H2,1-2H3/b10-9-,12-11?. The molecule has 1 aliphatic carbocycles. The Kier molecular flexibility index (Phi) is 3.50. The number of allylic oxidation sites excluding steroid dienone is 5. The lowest BCUT2D eigenvalue weighted by molar-refractivity contribution is 0.418. The Bertz CT molecular complexity index is 268. The van der Waals surface area contributed by atoms with Gasteiger partial charge in [-0.15, -0.1) is 0 Å². The number of nitrogens with zero attached hydrogens (tertiary/aromatic N) is 1. The quantitative estimate of drug-likeness (QED) is 0.702. The summed E-state index contributed by atoms with van der Waals surface area (Å²) in [6, 6.07) is 0. The molecule has 0 aliphatic heterocycles. The third-order valence-electron chi connectivity index (χ3n) is 2.09. The van der Waals surface area contributed by atoms with Crippen LogP contribution in [0.3, 0.4) is 0 Å².